The van der Waals surface area contributed by atoms with Crippen molar-refractivity contribution in [2.45, 2.75) is 0 Å². The zero-order valence-electron chi connectivity index (χ0n) is 1.97. The minimum absolute atomic E-state index is 0. The average Bonchev–Trinajstić information content (AvgIpc) is 0.918. The molecule has 0 aliphatic heterocycles. The molecule has 2 N–H and O–H groups in total. The van der Waals surface area contributed by atoms with Gasteiger partial charge in [-0.25, -0.2) is 10.5 Å². The Kier molecular flexibility index (Phi) is 66.7. The average molecular weight is 210 g/mol. The first-order valence-electron chi connectivity index (χ1n) is 0.365. The Balaban J connectivity index is -0.0000000200. The summed E-state index contributed by atoms with van der Waals surface area (Å²) < 4.78 is 0. The van der Waals surface area contributed by atoms with E-state index in [1.54, 1.807) is 0 Å². The summed E-state index contributed by atoms with van der Waals surface area (Å²) in [5.74, 6) is 0. The minimum Gasteiger partial charge on any atom is -0.221 e. The van der Waals surface area contributed by atoms with E-state index in [-0.39, 0.29) is 36.0 Å². The first-order chi connectivity index (χ1) is 1.41. The van der Waals surface area contributed by atoms with Crippen LogP contribution in [0.5, 0.6) is 0 Å². The van der Waals surface area contributed by atoms with Crippen LogP contribution in [-0.2, 0) is 41.0 Å². The van der Waals surface area contributed by atoms with Crippen molar-refractivity contribution in [2.75, 3.05) is 0 Å². The van der Waals surface area contributed by atoms with Gasteiger partial charge in [0.25, 0.3) is 0 Å². The topological polar surface area (TPSA) is 49.7 Å². The monoisotopic (exact) mass is 210 g/mol. The summed E-state index contributed by atoms with van der Waals surface area (Å²) in [6.45, 7) is 0. The Morgan fingerprint density at radius 1 is 1.20 bits per heavy atom. The van der Waals surface area contributed by atoms with Gasteiger partial charge in [0.05, 0.1) is 0 Å². The van der Waals surface area contributed by atoms with Crippen LogP contribution < -0.4 is 0 Å². The molecule has 0 amide bonds. The van der Waals surface area contributed by atoms with Gasteiger partial charge in [0.15, 0.2) is 0 Å². The smallest absolute Gasteiger partial charge is 0 e. The Hall–Kier alpha value is 0.997. The number of rotatable bonds is 0. The molecule has 0 aromatic rings. The van der Waals surface area contributed by atoms with Crippen LogP contribution in [-0.4, -0.2) is 10.5 Å². The first-order valence-corrected chi connectivity index (χ1v) is 0.365. The molecular weight excluding hydrogens is 208 g/mol. The van der Waals surface area contributed by atoms with Gasteiger partial charge < -0.3 is 0 Å². The van der Waals surface area contributed by atoms with Gasteiger partial charge in [-0.2, -0.15) is 0 Å². The molecule has 0 heterocycles. The van der Waals surface area contributed by atoms with Crippen LogP contribution in [0.1, 0.15) is 0 Å². The maximum Gasteiger partial charge on any atom is 0 e. The third-order valence-electron chi connectivity index (χ3n) is 0. The van der Waals surface area contributed by atoms with Gasteiger partial charge in [-0.05, 0) is 0 Å². The van der Waals surface area contributed by atoms with E-state index in [0.29, 0.717) is 0 Å². The molecule has 0 spiro atoms. The molecule has 38 valence electrons. The van der Waals surface area contributed by atoms with E-state index >= 15 is 0 Å². The summed E-state index contributed by atoms with van der Waals surface area (Å²) in [5, 5.41) is 15.5. The molecule has 0 saturated heterocycles. The van der Waals surface area contributed by atoms with Crippen molar-refractivity contribution < 1.29 is 51.5 Å². The first kappa shape index (κ1) is 16.7. The second-order valence-corrected chi connectivity index (χ2v) is 0.0816. The molecule has 0 rings (SSSR count). The van der Waals surface area contributed by atoms with Crippen molar-refractivity contribution in [2.24, 2.45) is 0 Å². The zero-order valence-corrected chi connectivity index (χ0v) is 4.70. The fraction of sp³-hybridized carbons (Fsp3) is 0. The second-order valence-electron chi connectivity index (χ2n) is 0.0816. The molecule has 5 heteroatoms. The van der Waals surface area contributed by atoms with E-state index in [2.05, 4.69) is 5.04 Å². The molecule has 0 aromatic carbocycles. The third-order valence-corrected chi connectivity index (χ3v) is 0. The molecule has 0 atom stereocenters. The van der Waals surface area contributed by atoms with Crippen LogP contribution in [0.2, 0.25) is 0 Å². The molecule has 0 saturated carbocycles. The molecule has 0 aliphatic carbocycles. The summed E-state index contributed by atoms with van der Waals surface area (Å²) >= 11 is 0. The molecule has 0 aliphatic rings. The standard InChI is InChI=1S/Ni.H2O3.Ru/c;1-3-2;/h;1-2H;. The molecular formula is H2NiO3Ru. The Morgan fingerprint density at radius 2 is 1.20 bits per heavy atom. The minimum atomic E-state index is 0. The normalized spacial score (nSPS) is 3.60. The Morgan fingerprint density at radius 3 is 1.20 bits per heavy atom. The second kappa shape index (κ2) is 20.0. The van der Waals surface area contributed by atoms with Crippen LogP contribution >= 0.6 is 0 Å². The van der Waals surface area contributed by atoms with E-state index in [1.165, 1.54) is 0 Å². The predicted octanol–water partition coefficient (Wildman–Crippen LogP) is -0.0560. The number of hydrogen-bond acceptors (Lipinski definition) is 3. The van der Waals surface area contributed by atoms with Crippen LogP contribution in [0.4, 0.5) is 0 Å². The predicted molar refractivity (Wildman–Crippen MR) is 6.34 cm³/mol. The van der Waals surface area contributed by atoms with E-state index < -0.39 is 0 Å². The SMILES string of the molecule is OOO.[Ni].[Ru]. The van der Waals surface area contributed by atoms with Crippen LogP contribution in [0.15, 0.2) is 0 Å². The summed E-state index contributed by atoms with van der Waals surface area (Å²) in [6.07, 6.45) is 0. The van der Waals surface area contributed by atoms with E-state index in [0.717, 1.165) is 0 Å². The maximum atomic E-state index is 6.62. The Bertz CT molecular complexity index is 6.85. The number of hydrogen-bond donors (Lipinski definition) is 2. The van der Waals surface area contributed by atoms with Gasteiger partial charge in [0, 0.05) is 36.0 Å². The van der Waals surface area contributed by atoms with Gasteiger partial charge in [0.2, 0.25) is 0 Å². The molecule has 5 heavy (non-hydrogen) atoms. The van der Waals surface area contributed by atoms with Crippen molar-refractivity contribution in [1.29, 1.82) is 0 Å². The Labute approximate surface area is 51.9 Å². The molecule has 0 bridgehead atoms. The van der Waals surface area contributed by atoms with Gasteiger partial charge in [-0.15, -0.1) is 0 Å². The van der Waals surface area contributed by atoms with Crippen molar-refractivity contribution in [3.05, 3.63) is 0 Å². The van der Waals surface area contributed by atoms with Crippen molar-refractivity contribution in [1.82, 2.24) is 0 Å². The molecule has 0 aromatic heterocycles. The molecule has 0 unspecified atom stereocenters. The fourth-order valence-corrected chi connectivity index (χ4v) is 0. The van der Waals surface area contributed by atoms with Crippen molar-refractivity contribution in [3.63, 3.8) is 0 Å². The molecule has 0 radical (unpaired) electrons. The largest absolute Gasteiger partial charge is 0.221 e. The summed E-state index contributed by atoms with van der Waals surface area (Å²) in [4.78, 5) is 0. The fourth-order valence-electron chi connectivity index (χ4n) is 0. The van der Waals surface area contributed by atoms with E-state index in [1.807, 2.05) is 0 Å². The maximum absolute atomic E-state index is 6.62. The van der Waals surface area contributed by atoms with E-state index in [9.17, 15) is 0 Å². The van der Waals surface area contributed by atoms with Gasteiger partial charge >= 0.3 is 0 Å². The van der Waals surface area contributed by atoms with Gasteiger partial charge in [0.1, 0.15) is 0 Å². The van der Waals surface area contributed by atoms with Gasteiger partial charge in [-0.1, -0.05) is 5.04 Å². The van der Waals surface area contributed by atoms with Crippen LogP contribution in [0, 0.1) is 0 Å². The quantitative estimate of drug-likeness (QED) is 0.334. The van der Waals surface area contributed by atoms with Crippen molar-refractivity contribution in [3.8, 4) is 0 Å². The van der Waals surface area contributed by atoms with Crippen LogP contribution in [0.25, 0.3) is 0 Å². The van der Waals surface area contributed by atoms with E-state index in [4.69, 9.17) is 10.5 Å². The molecule has 3 nitrogen and oxygen atoms in total. The van der Waals surface area contributed by atoms with Gasteiger partial charge in [-0.3, -0.25) is 0 Å². The van der Waals surface area contributed by atoms with Crippen molar-refractivity contribution >= 4 is 0 Å². The zero-order chi connectivity index (χ0) is 2.71. The van der Waals surface area contributed by atoms with Crippen LogP contribution in [0.3, 0.4) is 0 Å². The summed E-state index contributed by atoms with van der Waals surface area (Å²) in [7, 11) is 0. The summed E-state index contributed by atoms with van der Waals surface area (Å²) in [6, 6.07) is 0. The molecule has 0 fully saturated rings. The summed E-state index contributed by atoms with van der Waals surface area (Å²) in [5.41, 5.74) is 0. The third kappa shape index (κ3) is 45.2.